The van der Waals surface area contributed by atoms with Crippen molar-refractivity contribution in [1.82, 2.24) is 9.80 Å². The molecule has 2 unspecified atom stereocenters. The van der Waals surface area contributed by atoms with Crippen molar-refractivity contribution in [2.45, 2.75) is 40.7 Å². The fourth-order valence-corrected chi connectivity index (χ4v) is 3.17. The molecule has 2 aliphatic rings. The average Bonchev–Trinajstić information content (AvgIpc) is 3.01. The number of oxime groups is 1. The van der Waals surface area contributed by atoms with Crippen molar-refractivity contribution in [1.29, 1.82) is 0 Å². The number of allylic oxidation sites excluding steroid dienone is 2. The van der Waals surface area contributed by atoms with Gasteiger partial charge in [-0.05, 0) is 37.7 Å². The van der Waals surface area contributed by atoms with Crippen molar-refractivity contribution in [3.05, 3.63) is 11.6 Å². The Kier molecular flexibility index (Phi) is 6.49. The lowest BCUT2D eigenvalue weighted by Crippen LogP contribution is -2.36. The van der Waals surface area contributed by atoms with Crippen LogP contribution in [0.15, 0.2) is 16.8 Å². The predicted molar refractivity (Wildman–Crippen MR) is 103 cm³/mol. The molecule has 28 heavy (non-hydrogen) atoms. The van der Waals surface area contributed by atoms with Crippen molar-refractivity contribution >= 4 is 24.1 Å². The smallest absolute Gasteiger partial charge is 0.330 e. The first-order valence-electron chi connectivity index (χ1n) is 9.16. The lowest BCUT2D eigenvalue weighted by Gasteiger charge is -2.15. The summed E-state index contributed by atoms with van der Waals surface area (Å²) in [7, 11) is 0. The standard InChI is InChI=1S/C20H27N3O5/c1-7-8-22-11-16(24)23(19(22)26)12-27-18(25)17-15(20(17,5)6)9-14(4)10-21-28-13(2)3/h1,9-10,13,15,17H,8,11-12H2,2-6H3/b14-9+,21-10+. The van der Waals surface area contributed by atoms with E-state index in [1.807, 2.05) is 40.7 Å². The van der Waals surface area contributed by atoms with Crippen molar-refractivity contribution in [3.8, 4) is 12.3 Å². The minimum absolute atomic E-state index is 0.00305. The summed E-state index contributed by atoms with van der Waals surface area (Å²) in [6.07, 6.45) is 8.74. The number of rotatable bonds is 8. The Morgan fingerprint density at radius 3 is 2.71 bits per heavy atom. The highest BCUT2D eigenvalue weighted by molar-refractivity contribution is 6.02. The fraction of sp³-hybridized carbons (Fsp3) is 0.600. The van der Waals surface area contributed by atoms with E-state index in [0.29, 0.717) is 0 Å². The Bertz CT molecular complexity index is 747. The second kappa shape index (κ2) is 8.46. The third-order valence-corrected chi connectivity index (χ3v) is 4.88. The van der Waals surface area contributed by atoms with Crippen LogP contribution in [0.3, 0.4) is 0 Å². The summed E-state index contributed by atoms with van der Waals surface area (Å²) in [4.78, 5) is 43.8. The Balaban J connectivity index is 1.92. The van der Waals surface area contributed by atoms with Crippen LogP contribution in [0.1, 0.15) is 34.6 Å². The summed E-state index contributed by atoms with van der Waals surface area (Å²) in [5.74, 6) is 1.08. The second-order valence-electron chi connectivity index (χ2n) is 7.88. The van der Waals surface area contributed by atoms with E-state index < -0.39 is 24.6 Å². The quantitative estimate of drug-likeness (QED) is 0.208. The zero-order valence-corrected chi connectivity index (χ0v) is 17.0. The third-order valence-electron chi connectivity index (χ3n) is 4.88. The highest BCUT2D eigenvalue weighted by Gasteiger charge is 2.61. The maximum absolute atomic E-state index is 12.5. The van der Waals surface area contributed by atoms with Crippen LogP contribution >= 0.6 is 0 Å². The minimum Gasteiger partial charge on any atom is -0.443 e. The molecule has 0 bridgehead atoms. The monoisotopic (exact) mass is 389 g/mol. The Morgan fingerprint density at radius 2 is 2.11 bits per heavy atom. The summed E-state index contributed by atoms with van der Waals surface area (Å²) in [6, 6.07) is -0.542. The number of carbonyl (C=O) groups is 3. The molecule has 0 radical (unpaired) electrons. The number of amides is 3. The van der Waals surface area contributed by atoms with Gasteiger partial charge in [0.05, 0.1) is 18.7 Å². The first kappa shape index (κ1) is 21.5. The highest BCUT2D eigenvalue weighted by atomic mass is 16.6. The molecule has 1 aliphatic heterocycles. The van der Waals surface area contributed by atoms with Gasteiger partial charge in [-0.15, -0.1) is 6.42 Å². The van der Waals surface area contributed by atoms with Crippen LogP contribution in [0.25, 0.3) is 0 Å². The van der Waals surface area contributed by atoms with Crippen LogP contribution in [0.5, 0.6) is 0 Å². The Labute approximate surface area is 165 Å². The van der Waals surface area contributed by atoms with Crippen LogP contribution in [0.4, 0.5) is 4.79 Å². The largest absolute Gasteiger partial charge is 0.443 e. The van der Waals surface area contributed by atoms with Gasteiger partial charge in [0.2, 0.25) is 0 Å². The lowest BCUT2D eigenvalue weighted by molar-refractivity contribution is -0.151. The number of nitrogens with zero attached hydrogens (tertiary/aromatic N) is 3. The number of imide groups is 1. The zero-order valence-electron chi connectivity index (χ0n) is 17.0. The molecular formula is C20H27N3O5. The minimum atomic E-state index is -0.542. The molecular weight excluding hydrogens is 362 g/mol. The van der Waals surface area contributed by atoms with Gasteiger partial charge in [-0.25, -0.2) is 9.69 Å². The summed E-state index contributed by atoms with van der Waals surface area (Å²) < 4.78 is 5.26. The number of ether oxygens (including phenoxy) is 1. The molecule has 2 rings (SSSR count). The molecule has 1 heterocycles. The van der Waals surface area contributed by atoms with Crippen molar-refractivity contribution in [2.24, 2.45) is 22.4 Å². The lowest BCUT2D eigenvalue weighted by atomic mass is 10.1. The maximum Gasteiger partial charge on any atom is 0.330 e. The molecule has 8 heteroatoms. The van der Waals surface area contributed by atoms with Gasteiger partial charge in [0.25, 0.3) is 5.91 Å². The van der Waals surface area contributed by atoms with E-state index >= 15 is 0 Å². The van der Waals surface area contributed by atoms with Crippen LogP contribution in [0, 0.1) is 29.6 Å². The van der Waals surface area contributed by atoms with E-state index in [0.717, 1.165) is 10.5 Å². The average molecular weight is 389 g/mol. The van der Waals surface area contributed by atoms with Gasteiger partial charge in [-0.2, -0.15) is 0 Å². The molecule has 0 aromatic rings. The van der Waals surface area contributed by atoms with Gasteiger partial charge >= 0.3 is 12.0 Å². The first-order valence-corrected chi connectivity index (χ1v) is 9.16. The Hall–Kier alpha value is -2.82. The van der Waals surface area contributed by atoms with Crippen molar-refractivity contribution < 1.29 is 24.0 Å². The van der Waals surface area contributed by atoms with E-state index in [9.17, 15) is 14.4 Å². The third kappa shape index (κ3) is 4.71. The van der Waals surface area contributed by atoms with E-state index in [1.54, 1.807) is 6.21 Å². The fourth-order valence-electron chi connectivity index (χ4n) is 3.17. The van der Waals surface area contributed by atoms with E-state index in [-0.39, 0.29) is 36.4 Å². The molecule has 1 saturated heterocycles. The van der Waals surface area contributed by atoms with Gasteiger partial charge in [-0.1, -0.05) is 31.0 Å². The van der Waals surface area contributed by atoms with Crippen LogP contribution in [-0.4, -0.2) is 59.8 Å². The maximum atomic E-state index is 12.5. The topological polar surface area (TPSA) is 88.5 Å². The normalized spacial score (nSPS) is 24.1. The van der Waals surface area contributed by atoms with Gasteiger partial charge in [0.15, 0.2) is 6.73 Å². The molecule has 1 aliphatic carbocycles. The van der Waals surface area contributed by atoms with Gasteiger partial charge in [-0.3, -0.25) is 9.59 Å². The molecule has 0 aromatic carbocycles. The number of terminal acetylenes is 1. The van der Waals surface area contributed by atoms with E-state index in [1.165, 1.54) is 4.90 Å². The van der Waals surface area contributed by atoms with E-state index in [4.69, 9.17) is 16.0 Å². The zero-order chi connectivity index (χ0) is 21.1. The summed E-state index contributed by atoms with van der Waals surface area (Å²) in [5, 5.41) is 3.89. The first-order chi connectivity index (χ1) is 13.1. The SMILES string of the molecule is C#CCN1CC(=O)N(COC(=O)C2C(/C=C(C)/C=N/OC(C)C)C2(C)C)C1=O. The van der Waals surface area contributed by atoms with Crippen molar-refractivity contribution in [3.63, 3.8) is 0 Å². The number of hydrogen-bond acceptors (Lipinski definition) is 6. The van der Waals surface area contributed by atoms with Gasteiger partial charge in [0, 0.05) is 0 Å². The molecule has 3 amide bonds. The molecule has 8 nitrogen and oxygen atoms in total. The van der Waals surface area contributed by atoms with Gasteiger partial charge in [0.1, 0.15) is 12.6 Å². The molecule has 0 N–H and O–H groups in total. The van der Waals surface area contributed by atoms with Gasteiger partial charge < -0.3 is 14.5 Å². The van der Waals surface area contributed by atoms with E-state index in [2.05, 4.69) is 11.1 Å². The summed E-state index contributed by atoms with van der Waals surface area (Å²) in [5.41, 5.74) is 0.600. The molecule has 2 atom stereocenters. The summed E-state index contributed by atoms with van der Waals surface area (Å²) >= 11 is 0. The number of esters is 1. The number of urea groups is 1. The molecule has 0 spiro atoms. The van der Waals surface area contributed by atoms with Crippen LogP contribution in [0.2, 0.25) is 0 Å². The number of carbonyl (C=O) groups excluding carboxylic acids is 3. The molecule has 2 fully saturated rings. The Morgan fingerprint density at radius 1 is 1.43 bits per heavy atom. The highest BCUT2D eigenvalue weighted by Crippen LogP contribution is 2.59. The molecule has 0 aromatic heterocycles. The molecule has 152 valence electrons. The van der Waals surface area contributed by atoms with Crippen molar-refractivity contribution in [2.75, 3.05) is 19.8 Å². The second-order valence-corrected chi connectivity index (χ2v) is 7.88. The summed E-state index contributed by atoms with van der Waals surface area (Å²) in [6.45, 7) is 9.12. The van der Waals surface area contributed by atoms with Crippen LogP contribution < -0.4 is 0 Å². The predicted octanol–water partition coefficient (Wildman–Crippen LogP) is 2.01. The molecule has 1 saturated carbocycles. The van der Waals surface area contributed by atoms with Crippen LogP contribution in [-0.2, 0) is 19.2 Å². The number of hydrogen-bond donors (Lipinski definition) is 0.